The van der Waals surface area contributed by atoms with Crippen molar-refractivity contribution < 1.29 is 19.3 Å². The molecule has 2 heterocycles. The Hall–Kier alpha value is -0.160. The van der Waals surface area contributed by atoms with Gasteiger partial charge in [0.05, 0.1) is 18.3 Å². The van der Waals surface area contributed by atoms with Crippen LogP contribution in [-0.4, -0.2) is 50.3 Å². The van der Waals surface area contributed by atoms with E-state index in [2.05, 4.69) is 0 Å². The summed E-state index contributed by atoms with van der Waals surface area (Å²) in [5.41, 5.74) is 0.0357. The van der Waals surface area contributed by atoms with E-state index in [0.29, 0.717) is 12.5 Å². The molecule has 2 rings (SSSR count). The molecule has 0 aromatic carbocycles. The second-order valence-corrected chi connectivity index (χ2v) is 5.35. The lowest BCUT2D eigenvalue weighted by Gasteiger charge is -2.43. The highest BCUT2D eigenvalue weighted by Crippen LogP contribution is 2.38. The highest BCUT2D eigenvalue weighted by atomic mass is 16.5. The Morgan fingerprint density at radius 3 is 2.82 bits per heavy atom. The average molecular weight is 244 g/mol. The Kier molecular flexibility index (Phi) is 4.79. The van der Waals surface area contributed by atoms with Crippen molar-refractivity contribution in [3.8, 4) is 0 Å². The number of hydrogen-bond acceptors (Lipinski definition) is 4. The molecule has 0 bridgehead atoms. The minimum Gasteiger partial charge on any atom is -0.391 e. The molecule has 0 radical (unpaired) electrons. The molecule has 0 aromatic heterocycles. The molecular weight excluding hydrogens is 220 g/mol. The molecule has 1 N–H and O–H groups in total. The first-order valence-corrected chi connectivity index (χ1v) is 6.63. The molecule has 1 spiro atoms. The van der Waals surface area contributed by atoms with Crippen molar-refractivity contribution in [3.63, 3.8) is 0 Å². The van der Waals surface area contributed by atoms with E-state index in [0.717, 1.165) is 51.9 Å². The van der Waals surface area contributed by atoms with Crippen LogP contribution in [0, 0.1) is 5.92 Å². The molecular formula is C13H24O4. The molecule has 0 amide bonds. The minimum absolute atomic E-state index is 0.0357. The largest absolute Gasteiger partial charge is 0.391 e. The van der Waals surface area contributed by atoms with Crippen molar-refractivity contribution >= 4 is 0 Å². The van der Waals surface area contributed by atoms with Gasteiger partial charge in [-0.25, -0.2) is 0 Å². The minimum atomic E-state index is -0.333. The van der Waals surface area contributed by atoms with Crippen LogP contribution in [0.4, 0.5) is 0 Å². The van der Waals surface area contributed by atoms with Crippen LogP contribution in [0.3, 0.4) is 0 Å². The first-order chi connectivity index (χ1) is 8.24. The van der Waals surface area contributed by atoms with Crippen LogP contribution in [0.2, 0.25) is 0 Å². The summed E-state index contributed by atoms with van der Waals surface area (Å²) in [5.74, 6) is 0.562. The molecule has 2 aliphatic heterocycles. The molecule has 4 heteroatoms. The second kappa shape index (κ2) is 6.14. The number of aliphatic hydroxyl groups excluding tert-OH is 1. The lowest BCUT2D eigenvalue weighted by atomic mass is 9.79. The Morgan fingerprint density at radius 1 is 1.35 bits per heavy atom. The zero-order valence-electron chi connectivity index (χ0n) is 10.7. The molecule has 2 unspecified atom stereocenters. The van der Waals surface area contributed by atoms with Gasteiger partial charge in [0.2, 0.25) is 0 Å². The van der Waals surface area contributed by atoms with Crippen LogP contribution < -0.4 is 0 Å². The van der Waals surface area contributed by atoms with Crippen molar-refractivity contribution in [2.75, 3.05) is 33.5 Å². The zero-order valence-corrected chi connectivity index (χ0v) is 10.7. The van der Waals surface area contributed by atoms with Crippen molar-refractivity contribution in [2.45, 2.75) is 43.8 Å². The van der Waals surface area contributed by atoms with Crippen molar-refractivity contribution in [1.29, 1.82) is 0 Å². The van der Waals surface area contributed by atoms with Crippen molar-refractivity contribution in [3.05, 3.63) is 0 Å². The summed E-state index contributed by atoms with van der Waals surface area (Å²) in [5, 5.41) is 9.80. The normalized spacial score (nSPS) is 30.4. The van der Waals surface area contributed by atoms with Crippen LogP contribution in [-0.2, 0) is 14.2 Å². The Labute approximate surface area is 103 Å². The summed E-state index contributed by atoms with van der Waals surface area (Å²) in [7, 11) is 1.63. The topological polar surface area (TPSA) is 47.9 Å². The van der Waals surface area contributed by atoms with Gasteiger partial charge in [-0.15, -0.1) is 0 Å². The van der Waals surface area contributed by atoms with E-state index in [-0.39, 0.29) is 11.7 Å². The average Bonchev–Trinajstić information content (AvgIpc) is 2.30. The first kappa shape index (κ1) is 13.3. The molecule has 2 aliphatic rings. The molecule has 2 atom stereocenters. The van der Waals surface area contributed by atoms with E-state index in [9.17, 15) is 5.11 Å². The highest BCUT2D eigenvalue weighted by Gasteiger charge is 2.39. The van der Waals surface area contributed by atoms with Gasteiger partial charge in [-0.05, 0) is 38.0 Å². The van der Waals surface area contributed by atoms with Gasteiger partial charge >= 0.3 is 0 Å². The van der Waals surface area contributed by atoms with Gasteiger partial charge in [-0.2, -0.15) is 0 Å². The van der Waals surface area contributed by atoms with Gasteiger partial charge in [0.15, 0.2) is 0 Å². The summed E-state index contributed by atoms with van der Waals surface area (Å²) in [6.07, 6.45) is 4.63. The molecule has 17 heavy (non-hydrogen) atoms. The van der Waals surface area contributed by atoms with Gasteiger partial charge in [0, 0.05) is 26.9 Å². The van der Waals surface area contributed by atoms with Gasteiger partial charge in [-0.1, -0.05) is 0 Å². The maximum atomic E-state index is 9.80. The zero-order chi connectivity index (χ0) is 12.1. The fraction of sp³-hybridized carbons (Fsp3) is 1.00. The van der Waals surface area contributed by atoms with Crippen LogP contribution in [0.15, 0.2) is 0 Å². The number of methoxy groups -OCH3 is 1. The third-order valence-electron chi connectivity index (χ3n) is 3.96. The Morgan fingerprint density at radius 2 is 2.12 bits per heavy atom. The molecule has 0 saturated carbocycles. The summed E-state index contributed by atoms with van der Waals surface area (Å²) in [6.45, 7) is 2.89. The Balaban J connectivity index is 1.83. The molecule has 0 aromatic rings. The standard InChI is InChI=1S/C13H24O4/c1-15-10-12(14)8-11-2-5-17-13(9-11)3-6-16-7-4-13/h11-12,14H,2-10H2,1H3. The fourth-order valence-electron chi connectivity index (χ4n) is 3.07. The third-order valence-corrected chi connectivity index (χ3v) is 3.96. The number of hydrogen-bond donors (Lipinski definition) is 1. The number of aliphatic hydroxyl groups is 1. The molecule has 100 valence electrons. The molecule has 2 fully saturated rings. The van der Waals surface area contributed by atoms with E-state index in [4.69, 9.17) is 14.2 Å². The third kappa shape index (κ3) is 3.65. The SMILES string of the molecule is COCC(O)CC1CCOC2(CCOCC2)C1. The lowest BCUT2D eigenvalue weighted by molar-refractivity contribution is -0.150. The van der Waals surface area contributed by atoms with Gasteiger partial charge in [-0.3, -0.25) is 0 Å². The van der Waals surface area contributed by atoms with Gasteiger partial charge < -0.3 is 19.3 Å². The monoisotopic (exact) mass is 244 g/mol. The fourth-order valence-corrected chi connectivity index (χ4v) is 3.07. The summed E-state index contributed by atoms with van der Waals surface area (Å²) < 4.78 is 16.4. The summed E-state index contributed by atoms with van der Waals surface area (Å²) in [6, 6.07) is 0. The second-order valence-electron chi connectivity index (χ2n) is 5.35. The summed E-state index contributed by atoms with van der Waals surface area (Å²) in [4.78, 5) is 0. The van der Waals surface area contributed by atoms with E-state index in [1.54, 1.807) is 7.11 Å². The number of ether oxygens (including phenoxy) is 3. The van der Waals surface area contributed by atoms with Gasteiger partial charge in [0.25, 0.3) is 0 Å². The smallest absolute Gasteiger partial charge is 0.0776 e. The first-order valence-electron chi connectivity index (χ1n) is 6.63. The van der Waals surface area contributed by atoms with E-state index < -0.39 is 0 Å². The van der Waals surface area contributed by atoms with Crippen molar-refractivity contribution in [1.82, 2.24) is 0 Å². The van der Waals surface area contributed by atoms with Crippen LogP contribution in [0.1, 0.15) is 32.1 Å². The van der Waals surface area contributed by atoms with Crippen LogP contribution >= 0.6 is 0 Å². The quantitative estimate of drug-likeness (QED) is 0.811. The highest BCUT2D eigenvalue weighted by molar-refractivity contribution is 4.89. The molecule has 2 saturated heterocycles. The van der Waals surface area contributed by atoms with E-state index in [1.807, 2.05) is 0 Å². The maximum absolute atomic E-state index is 9.80. The Bertz CT molecular complexity index is 220. The van der Waals surface area contributed by atoms with Gasteiger partial charge in [0.1, 0.15) is 0 Å². The predicted octanol–water partition coefficient (Wildman–Crippen LogP) is 1.36. The predicted molar refractivity (Wildman–Crippen MR) is 64.0 cm³/mol. The number of rotatable bonds is 4. The van der Waals surface area contributed by atoms with Crippen molar-refractivity contribution in [2.24, 2.45) is 5.92 Å². The maximum Gasteiger partial charge on any atom is 0.0776 e. The molecule has 0 aliphatic carbocycles. The lowest BCUT2D eigenvalue weighted by Crippen LogP contribution is -2.45. The van der Waals surface area contributed by atoms with Crippen LogP contribution in [0.5, 0.6) is 0 Å². The van der Waals surface area contributed by atoms with Crippen LogP contribution in [0.25, 0.3) is 0 Å². The van der Waals surface area contributed by atoms with E-state index >= 15 is 0 Å². The van der Waals surface area contributed by atoms with E-state index in [1.165, 1.54) is 0 Å². The summed E-state index contributed by atoms with van der Waals surface area (Å²) >= 11 is 0. The molecule has 4 nitrogen and oxygen atoms in total.